The van der Waals surface area contributed by atoms with Gasteiger partial charge in [0, 0.05) is 22.2 Å². The Morgan fingerprint density at radius 1 is 1.08 bits per heavy atom. The maximum absolute atomic E-state index is 12.7. The first-order valence-corrected chi connectivity index (χ1v) is 11.2. The molecule has 0 unspecified atom stereocenters. The molecule has 194 valence electrons. The lowest BCUT2D eigenvalue weighted by molar-refractivity contribution is -0.208. The van der Waals surface area contributed by atoms with E-state index in [-0.39, 0.29) is 18.8 Å². The number of nitrogens with one attached hydrogen (secondary N) is 2. The van der Waals surface area contributed by atoms with Crippen LogP contribution in [-0.2, 0) is 25.8 Å². The second-order valence-corrected chi connectivity index (χ2v) is 8.33. The van der Waals surface area contributed by atoms with Gasteiger partial charge < -0.3 is 19.6 Å². The molecule has 0 aliphatic carbocycles. The highest BCUT2D eigenvalue weighted by atomic mass is 19.4. The number of rotatable bonds is 6. The van der Waals surface area contributed by atoms with E-state index in [1.807, 2.05) is 37.3 Å². The van der Waals surface area contributed by atoms with Crippen molar-refractivity contribution >= 4 is 28.7 Å². The summed E-state index contributed by atoms with van der Waals surface area (Å²) >= 11 is 0. The van der Waals surface area contributed by atoms with Crippen molar-refractivity contribution in [3.05, 3.63) is 71.4 Å². The highest BCUT2D eigenvalue weighted by Crippen LogP contribution is 2.22. The summed E-state index contributed by atoms with van der Waals surface area (Å²) in [6.07, 6.45) is -5.26. The highest BCUT2D eigenvalue weighted by molar-refractivity contribution is 5.95. The Labute approximate surface area is 208 Å². The van der Waals surface area contributed by atoms with Crippen LogP contribution >= 0.6 is 0 Å². The highest BCUT2D eigenvalue weighted by Gasteiger charge is 2.43. The van der Waals surface area contributed by atoms with Crippen molar-refractivity contribution in [1.82, 2.24) is 15.8 Å². The molecule has 1 aliphatic heterocycles. The molecule has 0 bridgehead atoms. The zero-order chi connectivity index (χ0) is 26.6. The van der Waals surface area contributed by atoms with Crippen LogP contribution < -0.4 is 15.5 Å². The quantitative estimate of drug-likeness (QED) is 0.483. The van der Waals surface area contributed by atoms with E-state index >= 15 is 0 Å². The minimum absolute atomic E-state index is 0.0441. The molecule has 1 saturated heterocycles. The number of nitrogens with zero attached hydrogens (tertiary/aromatic N) is 1. The van der Waals surface area contributed by atoms with Gasteiger partial charge in [0.1, 0.15) is 12.4 Å². The predicted molar refractivity (Wildman–Crippen MR) is 123 cm³/mol. The fourth-order valence-corrected chi connectivity index (χ4v) is 3.81. The van der Waals surface area contributed by atoms with Crippen molar-refractivity contribution in [2.24, 2.45) is 5.92 Å². The number of halogens is 3. The number of carbonyl (C=O) groups is 3. The van der Waals surface area contributed by atoms with E-state index < -0.39 is 35.9 Å². The maximum atomic E-state index is 12.7. The monoisotopic (exact) mass is 517 g/mol. The van der Waals surface area contributed by atoms with Crippen molar-refractivity contribution in [3.63, 3.8) is 0 Å². The molecular weight excluding hydrogens is 495 g/mol. The zero-order valence-electron chi connectivity index (χ0n) is 19.5. The number of pyridine rings is 1. The van der Waals surface area contributed by atoms with Gasteiger partial charge in [-0.05, 0) is 43.3 Å². The SMILES string of the molecule is Cc1cc(COc2ccc(C(=O)N[C@@H]3COC[C@@H]3C(=O)NOC(=O)C(F)(F)F)cc2)c2ccccc2n1. The Morgan fingerprint density at radius 3 is 2.54 bits per heavy atom. The van der Waals surface area contributed by atoms with Crippen molar-refractivity contribution in [2.75, 3.05) is 13.2 Å². The minimum Gasteiger partial charge on any atom is -0.489 e. The molecule has 1 fully saturated rings. The van der Waals surface area contributed by atoms with Crippen molar-refractivity contribution in [1.29, 1.82) is 0 Å². The summed E-state index contributed by atoms with van der Waals surface area (Å²) in [4.78, 5) is 43.8. The molecule has 2 N–H and O–H groups in total. The number of benzene rings is 2. The number of hydroxylamine groups is 1. The number of amides is 2. The van der Waals surface area contributed by atoms with Crippen LogP contribution in [0.25, 0.3) is 10.9 Å². The summed E-state index contributed by atoms with van der Waals surface area (Å²) < 4.78 is 47.8. The Kier molecular flexibility index (Phi) is 7.58. The van der Waals surface area contributed by atoms with Crippen molar-refractivity contribution in [2.45, 2.75) is 25.7 Å². The lowest BCUT2D eigenvalue weighted by Crippen LogP contribution is -2.47. The summed E-state index contributed by atoms with van der Waals surface area (Å²) in [6.45, 7) is 1.99. The normalized spacial score (nSPS) is 17.3. The third-order valence-electron chi connectivity index (χ3n) is 5.65. The topological polar surface area (TPSA) is 116 Å². The first-order chi connectivity index (χ1) is 17.6. The van der Waals surface area contributed by atoms with Crippen LogP contribution in [0.5, 0.6) is 5.75 Å². The van der Waals surface area contributed by atoms with E-state index in [0.717, 1.165) is 22.2 Å². The number of hydrogen-bond acceptors (Lipinski definition) is 7. The van der Waals surface area contributed by atoms with Crippen LogP contribution in [0.15, 0.2) is 54.6 Å². The lowest BCUT2D eigenvalue weighted by atomic mass is 10.0. The molecule has 2 heterocycles. The van der Waals surface area contributed by atoms with Crippen LogP contribution in [0.4, 0.5) is 13.2 Å². The van der Waals surface area contributed by atoms with Crippen molar-refractivity contribution < 1.29 is 41.9 Å². The first kappa shape index (κ1) is 25.9. The molecule has 2 atom stereocenters. The second-order valence-electron chi connectivity index (χ2n) is 8.33. The molecular formula is C25H22F3N3O6. The van der Waals surface area contributed by atoms with Gasteiger partial charge in [0.15, 0.2) is 0 Å². The maximum Gasteiger partial charge on any atom is 0.493 e. The summed E-state index contributed by atoms with van der Waals surface area (Å²) in [5.74, 6) is -4.63. The number of carbonyl (C=O) groups excluding carboxylic acids is 3. The average molecular weight is 517 g/mol. The Balaban J connectivity index is 1.33. The minimum atomic E-state index is -5.26. The van der Waals surface area contributed by atoms with Crippen LogP contribution in [0.1, 0.15) is 21.6 Å². The van der Waals surface area contributed by atoms with Gasteiger partial charge in [0.05, 0.1) is 30.7 Å². The summed E-state index contributed by atoms with van der Waals surface area (Å²) in [7, 11) is 0. The summed E-state index contributed by atoms with van der Waals surface area (Å²) in [6, 6.07) is 15.2. The molecule has 0 radical (unpaired) electrons. The second kappa shape index (κ2) is 10.8. The number of hydrogen-bond donors (Lipinski definition) is 2. The number of aryl methyl sites for hydroxylation is 1. The van der Waals surface area contributed by atoms with E-state index in [0.29, 0.717) is 12.4 Å². The fraction of sp³-hybridized carbons (Fsp3) is 0.280. The van der Waals surface area contributed by atoms with Gasteiger partial charge in [-0.15, -0.1) is 0 Å². The zero-order valence-corrected chi connectivity index (χ0v) is 19.5. The molecule has 1 aliphatic rings. The van der Waals surface area contributed by atoms with E-state index in [2.05, 4.69) is 15.1 Å². The molecule has 2 amide bonds. The molecule has 4 rings (SSSR count). The number of para-hydroxylation sites is 1. The van der Waals surface area contributed by atoms with Gasteiger partial charge in [-0.3, -0.25) is 14.6 Å². The van der Waals surface area contributed by atoms with Gasteiger partial charge in [-0.25, -0.2) is 4.79 Å². The van der Waals surface area contributed by atoms with Crippen LogP contribution in [0, 0.1) is 12.8 Å². The molecule has 0 spiro atoms. The standard InChI is InChI=1S/C25H22F3N3O6/c1-14-10-16(18-4-2-3-5-20(18)29-14)11-36-17-8-6-15(7-9-17)22(32)30-21-13-35-12-19(21)23(33)31-37-24(34)25(26,27)28/h2-10,19,21H,11-13H2,1H3,(H,30,32)(H,31,33)/t19-,21+/m0/s1. The fourth-order valence-electron chi connectivity index (χ4n) is 3.81. The van der Waals surface area contributed by atoms with Crippen LogP contribution in [0.2, 0.25) is 0 Å². The molecule has 2 aromatic carbocycles. The Morgan fingerprint density at radius 2 is 1.81 bits per heavy atom. The van der Waals surface area contributed by atoms with Gasteiger partial charge in [0.2, 0.25) is 0 Å². The van der Waals surface area contributed by atoms with E-state index in [1.54, 1.807) is 12.1 Å². The Hall–Kier alpha value is -4.19. The van der Waals surface area contributed by atoms with E-state index in [4.69, 9.17) is 9.47 Å². The number of aromatic nitrogens is 1. The molecule has 12 heteroatoms. The molecule has 9 nitrogen and oxygen atoms in total. The van der Waals surface area contributed by atoms with E-state index in [1.165, 1.54) is 17.6 Å². The third-order valence-corrected chi connectivity index (χ3v) is 5.65. The smallest absolute Gasteiger partial charge is 0.489 e. The first-order valence-electron chi connectivity index (χ1n) is 11.2. The van der Waals surface area contributed by atoms with Crippen LogP contribution in [0.3, 0.4) is 0 Å². The van der Waals surface area contributed by atoms with Crippen LogP contribution in [-0.4, -0.2) is 48.2 Å². The van der Waals surface area contributed by atoms with Gasteiger partial charge in [0.25, 0.3) is 11.8 Å². The Bertz CT molecular complexity index is 1310. The molecule has 3 aromatic rings. The predicted octanol–water partition coefficient (Wildman–Crippen LogP) is 3.00. The van der Waals surface area contributed by atoms with Gasteiger partial charge >= 0.3 is 12.1 Å². The van der Waals surface area contributed by atoms with Gasteiger partial charge in [-0.1, -0.05) is 18.2 Å². The largest absolute Gasteiger partial charge is 0.493 e. The summed E-state index contributed by atoms with van der Waals surface area (Å²) in [5, 5.41) is 3.59. The van der Waals surface area contributed by atoms with E-state index in [9.17, 15) is 27.6 Å². The molecule has 1 aromatic heterocycles. The van der Waals surface area contributed by atoms with Gasteiger partial charge in [-0.2, -0.15) is 18.7 Å². The number of fused-ring (bicyclic) bond motifs is 1. The molecule has 0 saturated carbocycles. The average Bonchev–Trinajstić information content (AvgIpc) is 3.33. The number of ether oxygens (including phenoxy) is 2. The third kappa shape index (κ3) is 6.33. The number of alkyl halides is 3. The van der Waals surface area contributed by atoms with Crippen molar-refractivity contribution in [3.8, 4) is 5.75 Å². The lowest BCUT2D eigenvalue weighted by Gasteiger charge is -2.18. The summed E-state index contributed by atoms with van der Waals surface area (Å²) in [5.41, 5.74) is 4.44. The molecule has 37 heavy (non-hydrogen) atoms.